The minimum atomic E-state index is 0. The number of aliphatic imine (C=N–C) groups is 1. The Morgan fingerprint density at radius 1 is 1.35 bits per heavy atom. The molecule has 0 aromatic carbocycles. The molecule has 0 fully saturated rings. The first-order chi connectivity index (χ1) is 7.65. The first-order valence-corrected chi connectivity index (χ1v) is 5.46. The van der Waals surface area contributed by atoms with Gasteiger partial charge in [0.1, 0.15) is 5.82 Å². The average molecular weight is 347 g/mol. The SMILES string of the molecule is Cc1cc(CNC2=NCCN2C)nc(C)n1.I. The molecule has 0 saturated carbocycles. The van der Waals surface area contributed by atoms with Crippen molar-refractivity contribution in [1.82, 2.24) is 20.2 Å². The van der Waals surface area contributed by atoms with Crippen molar-refractivity contribution in [2.75, 3.05) is 20.1 Å². The number of nitrogens with one attached hydrogen (secondary N) is 1. The van der Waals surface area contributed by atoms with E-state index in [2.05, 4.69) is 25.2 Å². The van der Waals surface area contributed by atoms with Crippen molar-refractivity contribution in [3.05, 3.63) is 23.3 Å². The quantitative estimate of drug-likeness (QED) is 0.815. The number of hydrogen-bond acceptors (Lipinski definition) is 5. The first-order valence-electron chi connectivity index (χ1n) is 5.46. The Morgan fingerprint density at radius 2 is 2.12 bits per heavy atom. The molecule has 17 heavy (non-hydrogen) atoms. The highest BCUT2D eigenvalue weighted by atomic mass is 127. The molecular weight excluding hydrogens is 329 g/mol. The van der Waals surface area contributed by atoms with Gasteiger partial charge in [0.05, 0.1) is 18.8 Å². The van der Waals surface area contributed by atoms with E-state index in [1.165, 1.54) is 0 Å². The molecule has 0 radical (unpaired) electrons. The van der Waals surface area contributed by atoms with Crippen molar-refractivity contribution in [3.8, 4) is 0 Å². The van der Waals surface area contributed by atoms with Gasteiger partial charge in [-0.15, -0.1) is 24.0 Å². The van der Waals surface area contributed by atoms with Gasteiger partial charge in [0, 0.05) is 19.3 Å². The summed E-state index contributed by atoms with van der Waals surface area (Å²) < 4.78 is 0. The second kappa shape index (κ2) is 6.13. The number of likely N-dealkylation sites (N-methyl/N-ethyl adjacent to an activating group) is 1. The third kappa shape index (κ3) is 3.79. The summed E-state index contributed by atoms with van der Waals surface area (Å²) in [5, 5.41) is 3.29. The zero-order chi connectivity index (χ0) is 11.5. The summed E-state index contributed by atoms with van der Waals surface area (Å²) in [7, 11) is 2.04. The van der Waals surface area contributed by atoms with Crippen molar-refractivity contribution < 1.29 is 0 Å². The predicted octanol–water partition coefficient (Wildman–Crippen LogP) is 1.10. The summed E-state index contributed by atoms with van der Waals surface area (Å²) in [5.74, 6) is 1.77. The Kier molecular flexibility index (Phi) is 5.10. The molecule has 0 unspecified atom stereocenters. The molecule has 6 heteroatoms. The number of aromatic nitrogens is 2. The van der Waals surface area contributed by atoms with Crippen LogP contribution in [0.3, 0.4) is 0 Å². The topological polar surface area (TPSA) is 53.4 Å². The monoisotopic (exact) mass is 347 g/mol. The smallest absolute Gasteiger partial charge is 0.194 e. The molecule has 0 atom stereocenters. The van der Waals surface area contributed by atoms with Gasteiger partial charge < -0.3 is 10.2 Å². The third-order valence-corrected chi connectivity index (χ3v) is 2.51. The van der Waals surface area contributed by atoms with Gasteiger partial charge >= 0.3 is 0 Å². The molecule has 0 spiro atoms. The molecule has 5 nitrogen and oxygen atoms in total. The van der Waals surface area contributed by atoms with Gasteiger partial charge in [-0.25, -0.2) is 9.97 Å². The van der Waals surface area contributed by atoms with E-state index in [1.807, 2.05) is 27.0 Å². The number of halogens is 1. The molecule has 0 aliphatic carbocycles. The van der Waals surface area contributed by atoms with Crippen LogP contribution in [0.25, 0.3) is 0 Å². The van der Waals surface area contributed by atoms with Crippen molar-refractivity contribution in [2.45, 2.75) is 20.4 Å². The van der Waals surface area contributed by atoms with Crippen LogP contribution in [0.2, 0.25) is 0 Å². The fraction of sp³-hybridized carbons (Fsp3) is 0.545. The van der Waals surface area contributed by atoms with Crippen LogP contribution in [-0.4, -0.2) is 41.0 Å². The predicted molar refractivity (Wildman–Crippen MR) is 78.7 cm³/mol. The van der Waals surface area contributed by atoms with Gasteiger partial charge in [-0.05, 0) is 19.9 Å². The van der Waals surface area contributed by atoms with Gasteiger partial charge in [-0.2, -0.15) is 0 Å². The highest BCUT2D eigenvalue weighted by Gasteiger charge is 2.11. The van der Waals surface area contributed by atoms with Crippen molar-refractivity contribution in [1.29, 1.82) is 0 Å². The summed E-state index contributed by atoms with van der Waals surface area (Å²) in [6.45, 7) is 6.46. The molecule has 2 heterocycles. The molecule has 94 valence electrons. The number of hydrogen-bond donors (Lipinski definition) is 1. The number of nitrogens with zero attached hydrogens (tertiary/aromatic N) is 4. The van der Waals surface area contributed by atoms with Crippen LogP contribution in [0.4, 0.5) is 0 Å². The number of rotatable bonds is 2. The number of guanidine groups is 1. The molecule has 1 aromatic heterocycles. The van der Waals surface area contributed by atoms with Crippen LogP contribution in [-0.2, 0) is 6.54 Å². The summed E-state index contributed by atoms with van der Waals surface area (Å²) in [6, 6.07) is 2.00. The molecule has 0 bridgehead atoms. The lowest BCUT2D eigenvalue weighted by Gasteiger charge is -2.15. The molecule has 1 N–H and O–H groups in total. The fourth-order valence-electron chi connectivity index (χ4n) is 1.78. The summed E-state index contributed by atoms with van der Waals surface area (Å²) in [5.41, 5.74) is 2.01. The average Bonchev–Trinajstić information content (AvgIpc) is 2.59. The molecule has 1 aromatic rings. The Hall–Kier alpha value is -0.920. The van der Waals surface area contributed by atoms with Crippen LogP contribution in [0.5, 0.6) is 0 Å². The highest BCUT2D eigenvalue weighted by Crippen LogP contribution is 2.01. The zero-order valence-corrected chi connectivity index (χ0v) is 12.7. The minimum Gasteiger partial charge on any atom is -0.351 e. The number of aryl methyl sites for hydroxylation is 2. The molecule has 0 amide bonds. The third-order valence-electron chi connectivity index (χ3n) is 2.51. The van der Waals surface area contributed by atoms with Crippen LogP contribution in [0.1, 0.15) is 17.2 Å². The van der Waals surface area contributed by atoms with E-state index in [9.17, 15) is 0 Å². The van der Waals surface area contributed by atoms with Gasteiger partial charge in [-0.1, -0.05) is 0 Å². The van der Waals surface area contributed by atoms with Crippen LogP contribution in [0.15, 0.2) is 11.1 Å². The Balaban J connectivity index is 0.00000144. The van der Waals surface area contributed by atoms with Gasteiger partial charge in [0.15, 0.2) is 5.96 Å². The summed E-state index contributed by atoms with van der Waals surface area (Å²) in [6.07, 6.45) is 0. The first kappa shape index (κ1) is 14.1. The Morgan fingerprint density at radius 3 is 2.71 bits per heavy atom. The van der Waals surface area contributed by atoms with Gasteiger partial charge in [-0.3, -0.25) is 4.99 Å². The fourth-order valence-corrected chi connectivity index (χ4v) is 1.78. The van der Waals surface area contributed by atoms with E-state index < -0.39 is 0 Å². The van der Waals surface area contributed by atoms with E-state index in [0.29, 0.717) is 6.54 Å². The molecule has 0 saturated heterocycles. The lowest BCUT2D eigenvalue weighted by Crippen LogP contribution is -2.35. The molecule has 1 aliphatic rings. The normalized spacial score (nSPS) is 14.3. The van der Waals surface area contributed by atoms with E-state index in [1.54, 1.807) is 0 Å². The standard InChI is InChI=1S/C11H17N5.HI/c1-8-6-10(15-9(2)14-8)7-13-11-12-4-5-16(11)3;/h6H,4-5,7H2,1-3H3,(H,12,13);1H. The van der Waals surface area contributed by atoms with Crippen LogP contribution >= 0.6 is 24.0 Å². The lowest BCUT2D eigenvalue weighted by molar-refractivity contribution is 0.533. The summed E-state index contributed by atoms with van der Waals surface area (Å²) >= 11 is 0. The Labute approximate surface area is 119 Å². The van der Waals surface area contributed by atoms with E-state index in [4.69, 9.17) is 0 Å². The van der Waals surface area contributed by atoms with Gasteiger partial charge in [0.2, 0.25) is 0 Å². The van der Waals surface area contributed by atoms with E-state index in [-0.39, 0.29) is 24.0 Å². The van der Waals surface area contributed by atoms with Crippen LogP contribution < -0.4 is 5.32 Å². The maximum Gasteiger partial charge on any atom is 0.194 e. The lowest BCUT2D eigenvalue weighted by atomic mass is 10.3. The molecule has 1 aliphatic heterocycles. The largest absolute Gasteiger partial charge is 0.351 e. The van der Waals surface area contributed by atoms with Gasteiger partial charge in [0.25, 0.3) is 0 Å². The second-order valence-electron chi connectivity index (χ2n) is 4.03. The van der Waals surface area contributed by atoms with E-state index >= 15 is 0 Å². The van der Waals surface area contributed by atoms with Crippen molar-refractivity contribution in [3.63, 3.8) is 0 Å². The summed E-state index contributed by atoms with van der Waals surface area (Å²) in [4.78, 5) is 15.1. The van der Waals surface area contributed by atoms with Crippen molar-refractivity contribution >= 4 is 29.9 Å². The second-order valence-corrected chi connectivity index (χ2v) is 4.03. The van der Waals surface area contributed by atoms with Crippen molar-refractivity contribution in [2.24, 2.45) is 4.99 Å². The maximum absolute atomic E-state index is 4.37. The minimum absolute atomic E-state index is 0. The maximum atomic E-state index is 4.37. The molecule has 2 rings (SSSR count). The van der Waals surface area contributed by atoms with E-state index in [0.717, 1.165) is 36.3 Å². The van der Waals surface area contributed by atoms with Crippen LogP contribution in [0, 0.1) is 13.8 Å². The zero-order valence-electron chi connectivity index (χ0n) is 10.4. The Bertz CT molecular complexity index is 398. The molecular formula is C11H18IN5. The highest BCUT2D eigenvalue weighted by molar-refractivity contribution is 14.0.